The molecule has 1 heterocycles. The van der Waals surface area contributed by atoms with Crippen LogP contribution in [0.25, 0.3) is 0 Å². The van der Waals surface area contributed by atoms with Gasteiger partial charge in [-0.05, 0) is 6.42 Å². The van der Waals surface area contributed by atoms with Gasteiger partial charge in [0.25, 0.3) is 0 Å². The Hall–Kier alpha value is -1.53. The predicted octanol–water partition coefficient (Wildman–Crippen LogP) is 2.77. The van der Waals surface area contributed by atoms with Crippen LogP contribution in [0.1, 0.15) is 25.6 Å². The third-order valence-corrected chi connectivity index (χ3v) is 2.46. The summed E-state index contributed by atoms with van der Waals surface area (Å²) in [5, 5.41) is 2.61. The monoisotopic (exact) mass is 262 g/mol. The van der Waals surface area contributed by atoms with E-state index in [9.17, 15) is 13.2 Å². The van der Waals surface area contributed by atoms with Gasteiger partial charge >= 0.3 is 6.18 Å². The van der Waals surface area contributed by atoms with Gasteiger partial charge in [0.1, 0.15) is 11.6 Å². The Labute approximate surface area is 104 Å². The highest BCUT2D eigenvalue weighted by atomic mass is 19.4. The molecule has 0 amide bonds. The molecule has 0 spiro atoms. The summed E-state index contributed by atoms with van der Waals surface area (Å²) < 4.78 is 37.9. The van der Waals surface area contributed by atoms with Gasteiger partial charge in [-0.15, -0.1) is 0 Å². The standard InChI is InChI=1S/C11H17F3N4/c1-4-5-6-18(3)9-7-8(15-2)16-10(17-9)11(12,13)14/h7H,4-6H2,1-3H3,(H,15,16,17). The van der Waals surface area contributed by atoms with Gasteiger partial charge in [0.2, 0.25) is 5.82 Å². The van der Waals surface area contributed by atoms with Crippen LogP contribution in [0.5, 0.6) is 0 Å². The quantitative estimate of drug-likeness (QED) is 0.886. The molecule has 1 N–H and O–H groups in total. The third kappa shape index (κ3) is 3.75. The van der Waals surface area contributed by atoms with Crippen LogP contribution in [0.2, 0.25) is 0 Å². The predicted molar refractivity (Wildman–Crippen MR) is 64.8 cm³/mol. The van der Waals surface area contributed by atoms with E-state index < -0.39 is 12.0 Å². The second-order valence-corrected chi connectivity index (χ2v) is 3.96. The molecule has 0 unspecified atom stereocenters. The fourth-order valence-electron chi connectivity index (χ4n) is 1.39. The van der Waals surface area contributed by atoms with Crippen LogP contribution in [0.3, 0.4) is 0 Å². The summed E-state index contributed by atoms with van der Waals surface area (Å²) in [5.74, 6) is -0.682. The third-order valence-electron chi connectivity index (χ3n) is 2.46. The molecule has 0 saturated heterocycles. The molecule has 0 aliphatic rings. The molecule has 0 aliphatic heterocycles. The SMILES string of the molecule is CCCCN(C)c1cc(NC)nc(C(F)(F)F)n1. The lowest BCUT2D eigenvalue weighted by atomic mass is 10.3. The van der Waals surface area contributed by atoms with Crippen molar-refractivity contribution in [1.82, 2.24) is 9.97 Å². The maximum atomic E-state index is 12.6. The Bertz CT molecular complexity index is 392. The molecule has 1 rings (SSSR count). The van der Waals surface area contributed by atoms with E-state index in [-0.39, 0.29) is 11.6 Å². The number of anilines is 2. The van der Waals surface area contributed by atoms with Gasteiger partial charge in [0, 0.05) is 26.7 Å². The Morgan fingerprint density at radius 1 is 1.33 bits per heavy atom. The molecule has 102 valence electrons. The minimum absolute atomic E-state index is 0.163. The van der Waals surface area contributed by atoms with Crippen LogP contribution in [-0.4, -0.2) is 30.6 Å². The molecule has 0 bridgehead atoms. The van der Waals surface area contributed by atoms with Gasteiger partial charge in [-0.25, -0.2) is 9.97 Å². The Balaban J connectivity index is 3.04. The highest BCUT2D eigenvalue weighted by Crippen LogP contribution is 2.28. The lowest BCUT2D eigenvalue weighted by molar-refractivity contribution is -0.144. The normalized spacial score (nSPS) is 11.4. The zero-order valence-electron chi connectivity index (χ0n) is 10.7. The van der Waals surface area contributed by atoms with Gasteiger partial charge in [0.05, 0.1) is 0 Å². The molecule has 0 fully saturated rings. The molecule has 7 heteroatoms. The molecule has 18 heavy (non-hydrogen) atoms. The number of unbranched alkanes of at least 4 members (excludes halogenated alkanes) is 1. The Kier molecular flexibility index (Phi) is 4.75. The van der Waals surface area contributed by atoms with Crippen LogP contribution >= 0.6 is 0 Å². The summed E-state index contributed by atoms with van der Waals surface area (Å²) in [6.07, 6.45) is -2.66. The van der Waals surface area contributed by atoms with Crippen LogP contribution in [0.4, 0.5) is 24.8 Å². The number of aromatic nitrogens is 2. The lowest BCUT2D eigenvalue weighted by Gasteiger charge is -2.19. The molecule has 0 saturated carbocycles. The number of nitrogens with one attached hydrogen (secondary N) is 1. The summed E-state index contributed by atoms with van der Waals surface area (Å²) >= 11 is 0. The van der Waals surface area contributed by atoms with Crippen LogP contribution in [-0.2, 0) is 6.18 Å². The molecular weight excluding hydrogens is 245 g/mol. The number of hydrogen-bond donors (Lipinski definition) is 1. The minimum atomic E-state index is -4.53. The maximum absolute atomic E-state index is 12.6. The molecule has 0 atom stereocenters. The van der Waals surface area contributed by atoms with E-state index in [0.717, 1.165) is 12.8 Å². The molecule has 1 aromatic heterocycles. The van der Waals surface area contributed by atoms with Crippen molar-refractivity contribution in [2.24, 2.45) is 0 Å². The molecular formula is C11H17F3N4. The van der Waals surface area contributed by atoms with Crippen LogP contribution in [0, 0.1) is 0 Å². The van der Waals surface area contributed by atoms with Gasteiger partial charge in [-0.2, -0.15) is 13.2 Å². The summed E-state index contributed by atoms with van der Waals surface area (Å²) in [7, 11) is 3.25. The lowest BCUT2D eigenvalue weighted by Crippen LogP contribution is -2.22. The number of nitrogens with zero attached hydrogens (tertiary/aromatic N) is 3. The van der Waals surface area contributed by atoms with Crippen molar-refractivity contribution < 1.29 is 13.2 Å². The van der Waals surface area contributed by atoms with Crippen LogP contribution < -0.4 is 10.2 Å². The van der Waals surface area contributed by atoms with Gasteiger partial charge in [0.15, 0.2) is 0 Å². The van der Waals surface area contributed by atoms with E-state index >= 15 is 0 Å². The van der Waals surface area contributed by atoms with E-state index in [1.807, 2.05) is 6.92 Å². The van der Waals surface area contributed by atoms with Crippen molar-refractivity contribution in [2.75, 3.05) is 30.9 Å². The van der Waals surface area contributed by atoms with Crippen molar-refractivity contribution >= 4 is 11.6 Å². The summed E-state index contributed by atoms with van der Waals surface area (Å²) in [6.45, 7) is 2.68. The molecule has 1 aromatic rings. The smallest absolute Gasteiger partial charge is 0.373 e. The van der Waals surface area contributed by atoms with E-state index in [4.69, 9.17) is 0 Å². The summed E-state index contributed by atoms with van der Waals surface area (Å²) in [4.78, 5) is 8.66. The fourth-order valence-corrected chi connectivity index (χ4v) is 1.39. The highest BCUT2D eigenvalue weighted by molar-refractivity contribution is 5.48. The van der Waals surface area contributed by atoms with Gasteiger partial charge in [-0.1, -0.05) is 13.3 Å². The van der Waals surface area contributed by atoms with E-state index in [0.29, 0.717) is 6.54 Å². The van der Waals surface area contributed by atoms with E-state index in [1.54, 1.807) is 11.9 Å². The molecule has 0 aromatic carbocycles. The van der Waals surface area contributed by atoms with Crippen molar-refractivity contribution in [3.05, 3.63) is 11.9 Å². The topological polar surface area (TPSA) is 41.0 Å². The van der Waals surface area contributed by atoms with Gasteiger partial charge in [-0.3, -0.25) is 0 Å². The first-order valence-corrected chi connectivity index (χ1v) is 5.73. The van der Waals surface area contributed by atoms with E-state index in [1.165, 1.54) is 13.1 Å². The number of rotatable bonds is 5. The molecule has 0 radical (unpaired) electrons. The average Bonchev–Trinajstić information content (AvgIpc) is 2.34. The number of halogens is 3. The first-order chi connectivity index (χ1) is 8.38. The molecule has 0 aliphatic carbocycles. The fraction of sp³-hybridized carbons (Fsp3) is 0.636. The van der Waals surface area contributed by atoms with Gasteiger partial charge < -0.3 is 10.2 Å². The summed E-state index contributed by atoms with van der Waals surface area (Å²) in [6, 6.07) is 1.50. The van der Waals surface area contributed by atoms with Crippen molar-refractivity contribution in [1.29, 1.82) is 0 Å². The minimum Gasteiger partial charge on any atom is -0.373 e. The maximum Gasteiger partial charge on any atom is 0.451 e. The number of hydrogen-bond acceptors (Lipinski definition) is 4. The summed E-state index contributed by atoms with van der Waals surface area (Å²) in [5.41, 5.74) is 0. The van der Waals surface area contributed by atoms with Crippen molar-refractivity contribution in [3.63, 3.8) is 0 Å². The number of alkyl halides is 3. The Morgan fingerprint density at radius 2 is 2.00 bits per heavy atom. The zero-order valence-corrected chi connectivity index (χ0v) is 10.7. The zero-order chi connectivity index (χ0) is 13.8. The second kappa shape index (κ2) is 5.88. The van der Waals surface area contributed by atoms with Crippen LogP contribution in [0.15, 0.2) is 6.07 Å². The molecule has 4 nitrogen and oxygen atoms in total. The van der Waals surface area contributed by atoms with Crippen molar-refractivity contribution in [2.45, 2.75) is 25.9 Å². The van der Waals surface area contributed by atoms with E-state index in [2.05, 4.69) is 15.3 Å². The second-order valence-electron chi connectivity index (χ2n) is 3.96. The Morgan fingerprint density at radius 3 is 2.50 bits per heavy atom. The largest absolute Gasteiger partial charge is 0.451 e. The first-order valence-electron chi connectivity index (χ1n) is 5.73. The average molecular weight is 262 g/mol. The van der Waals surface area contributed by atoms with Crippen molar-refractivity contribution in [3.8, 4) is 0 Å². The first kappa shape index (κ1) is 14.5. The highest BCUT2D eigenvalue weighted by Gasteiger charge is 2.35.